The van der Waals surface area contributed by atoms with Crippen LogP contribution in [0.5, 0.6) is 0 Å². The minimum absolute atomic E-state index is 0.123. The van der Waals surface area contributed by atoms with Gasteiger partial charge in [-0.25, -0.2) is 0 Å². The van der Waals surface area contributed by atoms with Gasteiger partial charge in [-0.2, -0.15) is 0 Å². The maximum Gasteiger partial charge on any atom is 0.0592 e. The Morgan fingerprint density at radius 1 is 1.25 bits per heavy atom. The number of hydrogen-bond acceptors (Lipinski definition) is 2. The van der Waals surface area contributed by atoms with Crippen molar-refractivity contribution >= 4 is 0 Å². The molecule has 2 nitrogen and oxygen atoms in total. The minimum atomic E-state index is -0.123. The normalized spacial score (nSPS) is 31.6. The minimum Gasteiger partial charge on any atom is -0.393 e. The second-order valence-corrected chi connectivity index (χ2v) is 5.04. The third kappa shape index (κ3) is 2.63. The Morgan fingerprint density at radius 3 is 2.62 bits per heavy atom. The summed E-state index contributed by atoms with van der Waals surface area (Å²) in [6, 6.07) is 11.0. The van der Waals surface area contributed by atoms with Gasteiger partial charge in [0.05, 0.1) is 6.10 Å². The molecule has 1 aliphatic rings. The predicted octanol–water partition coefficient (Wildman–Crippen LogP) is 2.28. The zero-order valence-corrected chi connectivity index (χ0v) is 10.1. The molecule has 2 rings (SSSR count). The van der Waals surface area contributed by atoms with E-state index in [0.29, 0.717) is 12.0 Å². The summed E-state index contributed by atoms with van der Waals surface area (Å²) >= 11 is 0. The van der Waals surface area contributed by atoms with Crippen molar-refractivity contribution in [1.29, 1.82) is 0 Å². The monoisotopic (exact) mass is 219 g/mol. The summed E-state index contributed by atoms with van der Waals surface area (Å²) in [7, 11) is 0. The first kappa shape index (κ1) is 11.6. The molecular weight excluding hydrogens is 198 g/mol. The fraction of sp³-hybridized carbons (Fsp3) is 0.571. The molecule has 1 aromatic carbocycles. The molecule has 0 spiro atoms. The standard InChI is InChI=1S/C14H21NO/c1-11-9-15(12(2)8-14(11)16)10-13-6-4-3-5-7-13/h3-7,11-12,14,16H,8-10H2,1-2H3/t11-,12+,14+/m1/s1. The Morgan fingerprint density at radius 2 is 1.94 bits per heavy atom. The van der Waals surface area contributed by atoms with Gasteiger partial charge in [0.25, 0.3) is 0 Å². The number of piperidine rings is 1. The smallest absolute Gasteiger partial charge is 0.0592 e. The predicted molar refractivity (Wildman–Crippen MR) is 66.1 cm³/mol. The zero-order valence-electron chi connectivity index (χ0n) is 10.1. The fourth-order valence-electron chi connectivity index (χ4n) is 2.44. The lowest BCUT2D eigenvalue weighted by Crippen LogP contribution is -2.46. The van der Waals surface area contributed by atoms with Crippen LogP contribution in [0, 0.1) is 5.92 Å². The Balaban J connectivity index is 2.00. The van der Waals surface area contributed by atoms with Crippen LogP contribution < -0.4 is 0 Å². The summed E-state index contributed by atoms with van der Waals surface area (Å²) in [6.07, 6.45) is 0.774. The van der Waals surface area contributed by atoms with E-state index >= 15 is 0 Å². The van der Waals surface area contributed by atoms with Crippen molar-refractivity contribution in [2.75, 3.05) is 6.54 Å². The van der Waals surface area contributed by atoms with Gasteiger partial charge in [0.1, 0.15) is 0 Å². The average molecular weight is 219 g/mol. The zero-order chi connectivity index (χ0) is 11.5. The molecular formula is C14H21NO. The van der Waals surface area contributed by atoms with Crippen molar-refractivity contribution in [1.82, 2.24) is 4.90 Å². The highest BCUT2D eigenvalue weighted by molar-refractivity contribution is 5.14. The second kappa shape index (κ2) is 4.98. The number of nitrogens with zero attached hydrogens (tertiary/aromatic N) is 1. The van der Waals surface area contributed by atoms with E-state index in [1.165, 1.54) is 5.56 Å². The van der Waals surface area contributed by atoms with Gasteiger partial charge in [-0.05, 0) is 24.8 Å². The van der Waals surface area contributed by atoms with Gasteiger partial charge in [-0.1, -0.05) is 37.3 Å². The average Bonchev–Trinajstić information content (AvgIpc) is 2.27. The lowest BCUT2D eigenvalue weighted by Gasteiger charge is -2.39. The summed E-state index contributed by atoms with van der Waals surface area (Å²) in [6.45, 7) is 6.34. The van der Waals surface area contributed by atoms with Crippen molar-refractivity contribution in [2.24, 2.45) is 5.92 Å². The molecule has 88 valence electrons. The number of aliphatic hydroxyl groups is 1. The third-order valence-electron chi connectivity index (χ3n) is 3.61. The first-order valence-electron chi connectivity index (χ1n) is 6.13. The summed E-state index contributed by atoms with van der Waals surface area (Å²) in [5, 5.41) is 9.81. The fourth-order valence-corrected chi connectivity index (χ4v) is 2.44. The highest BCUT2D eigenvalue weighted by Gasteiger charge is 2.29. The molecule has 16 heavy (non-hydrogen) atoms. The van der Waals surface area contributed by atoms with E-state index in [1.807, 2.05) is 0 Å². The first-order valence-corrected chi connectivity index (χ1v) is 6.13. The van der Waals surface area contributed by atoms with E-state index < -0.39 is 0 Å². The van der Waals surface area contributed by atoms with Gasteiger partial charge >= 0.3 is 0 Å². The van der Waals surface area contributed by atoms with Crippen LogP contribution in [0.25, 0.3) is 0 Å². The molecule has 0 radical (unpaired) electrons. The van der Waals surface area contributed by atoms with E-state index in [4.69, 9.17) is 0 Å². The summed E-state index contributed by atoms with van der Waals surface area (Å²) in [5.74, 6) is 0.389. The third-order valence-corrected chi connectivity index (χ3v) is 3.61. The van der Waals surface area contributed by atoms with E-state index in [-0.39, 0.29) is 6.10 Å². The second-order valence-electron chi connectivity index (χ2n) is 5.04. The van der Waals surface area contributed by atoms with Gasteiger partial charge in [0, 0.05) is 19.1 Å². The summed E-state index contributed by atoms with van der Waals surface area (Å²) < 4.78 is 0. The van der Waals surface area contributed by atoms with Gasteiger partial charge in [0.2, 0.25) is 0 Å². The van der Waals surface area contributed by atoms with E-state index in [9.17, 15) is 5.11 Å². The summed E-state index contributed by atoms with van der Waals surface area (Å²) in [5.41, 5.74) is 1.36. The van der Waals surface area contributed by atoms with Crippen LogP contribution >= 0.6 is 0 Å². The van der Waals surface area contributed by atoms with Crippen LogP contribution in [0.3, 0.4) is 0 Å². The van der Waals surface area contributed by atoms with Crippen molar-refractivity contribution < 1.29 is 5.11 Å². The van der Waals surface area contributed by atoms with Crippen LogP contribution in [0.1, 0.15) is 25.8 Å². The van der Waals surface area contributed by atoms with Crippen molar-refractivity contribution in [3.63, 3.8) is 0 Å². The molecule has 3 atom stereocenters. The van der Waals surface area contributed by atoms with Gasteiger partial charge < -0.3 is 5.11 Å². The topological polar surface area (TPSA) is 23.5 Å². The maximum atomic E-state index is 9.81. The van der Waals surface area contributed by atoms with Crippen LogP contribution in [-0.4, -0.2) is 28.7 Å². The molecule has 2 heteroatoms. The molecule has 1 fully saturated rings. The molecule has 0 unspecified atom stereocenters. The van der Waals surface area contributed by atoms with Crippen LogP contribution in [0.2, 0.25) is 0 Å². The number of likely N-dealkylation sites (tertiary alicyclic amines) is 1. The van der Waals surface area contributed by atoms with Crippen molar-refractivity contribution in [3.8, 4) is 0 Å². The molecule has 1 N–H and O–H groups in total. The number of rotatable bonds is 2. The van der Waals surface area contributed by atoms with Gasteiger partial charge in [0.15, 0.2) is 0 Å². The molecule has 1 aromatic rings. The van der Waals surface area contributed by atoms with Crippen molar-refractivity contribution in [2.45, 2.75) is 39.0 Å². The number of aliphatic hydroxyl groups excluding tert-OH is 1. The lowest BCUT2D eigenvalue weighted by atomic mass is 9.91. The lowest BCUT2D eigenvalue weighted by molar-refractivity contribution is 0.00194. The van der Waals surface area contributed by atoms with Crippen molar-refractivity contribution in [3.05, 3.63) is 35.9 Å². The largest absolute Gasteiger partial charge is 0.393 e. The highest BCUT2D eigenvalue weighted by Crippen LogP contribution is 2.23. The molecule has 1 aliphatic heterocycles. The summed E-state index contributed by atoms with van der Waals surface area (Å²) in [4.78, 5) is 2.46. The molecule has 1 saturated heterocycles. The Labute approximate surface area is 97.9 Å². The molecule has 0 saturated carbocycles. The molecule has 0 amide bonds. The van der Waals surface area contributed by atoms with Crippen LogP contribution in [0.4, 0.5) is 0 Å². The van der Waals surface area contributed by atoms with E-state index in [2.05, 4.69) is 49.1 Å². The van der Waals surface area contributed by atoms with Crippen LogP contribution in [0.15, 0.2) is 30.3 Å². The highest BCUT2D eigenvalue weighted by atomic mass is 16.3. The van der Waals surface area contributed by atoms with E-state index in [0.717, 1.165) is 19.5 Å². The first-order chi connectivity index (χ1) is 7.66. The SMILES string of the molecule is C[C@@H]1CN(Cc2ccccc2)[C@@H](C)C[C@@H]1O. The van der Waals surface area contributed by atoms with Crippen LogP contribution in [-0.2, 0) is 6.54 Å². The quantitative estimate of drug-likeness (QED) is 0.825. The van der Waals surface area contributed by atoms with Gasteiger partial charge in [-0.3, -0.25) is 4.90 Å². The molecule has 1 heterocycles. The Kier molecular flexibility index (Phi) is 3.62. The maximum absolute atomic E-state index is 9.81. The number of benzene rings is 1. The molecule has 0 aliphatic carbocycles. The molecule has 0 bridgehead atoms. The number of hydrogen-bond donors (Lipinski definition) is 1. The Hall–Kier alpha value is -0.860. The molecule has 0 aromatic heterocycles. The van der Waals surface area contributed by atoms with E-state index in [1.54, 1.807) is 0 Å². The van der Waals surface area contributed by atoms with Gasteiger partial charge in [-0.15, -0.1) is 0 Å². The Bertz CT molecular complexity index is 325.